The standard InChI is InChI=1S/C16H16N4O3/c17-6-8-23-14-5-1-4-12-11(14)9-13(19-12)10-3-2-7-20(15(10)21)16(18)22/h1-5,7,9,19H,6,8,17H2,(H2,18,22). The third kappa shape index (κ3) is 2.69. The van der Waals surface area contributed by atoms with Crippen molar-refractivity contribution in [1.29, 1.82) is 0 Å². The molecule has 0 fully saturated rings. The number of H-pyrrole nitrogens is 1. The van der Waals surface area contributed by atoms with Gasteiger partial charge < -0.3 is 21.2 Å². The van der Waals surface area contributed by atoms with Crippen molar-refractivity contribution >= 4 is 16.9 Å². The van der Waals surface area contributed by atoms with Crippen molar-refractivity contribution < 1.29 is 9.53 Å². The van der Waals surface area contributed by atoms with Gasteiger partial charge in [-0.15, -0.1) is 0 Å². The number of ether oxygens (including phenoxy) is 1. The molecule has 1 amide bonds. The van der Waals surface area contributed by atoms with Gasteiger partial charge in [0.2, 0.25) is 0 Å². The van der Waals surface area contributed by atoms with E-state index in [0.29, 0.717) is 30.2 Å². The number of carbonyl (C=O) groups is 1. The van der Waals surface area contributed by atoms with Crippen LogP contribution in [0.2, 0.25) is 0 Å². The maximum Gasteiger partial charge on any atom is 0.325 e. The molecule has 0 aliphatic rings. The van der Waals surface area contributed by atoms with E-state index in [1.54, 1.807) is 12.1 Å². The van der Waals surface area contributed by atoms with Gasteiger partial charge in [-0.05, 0) is 30.3 Å². The van der Waals surface area contributed by atoms with Crippen LogP contribution in [0.25, 0.3) is 22.2 Å². The molecule has 0 atom stereocenters. The van der Waals surface area contributed by atoms with Gasteiger partial charge >= 0.3 is 6.03 Å². The molecular formula is C16H16N4O3. The average molecular weight is 312 g/mol. The van der Waals surface area contributed by atoms with Gasteiger partial charge in [-0.3, -0.25) is 4.79 Å². The van der Waals surface area contributed by atoms with Crippen LogP contribution >= 0.6 is 0 Å². The number of pyridine rings is 1. The highest BCUT2D eigenvalue weighted by atomic mass is 16.5. The number of hydrogen-bond donors (Lipinski definition) is 3. The van der Waals surface area contributed by atoms with Crippen LogP contribution in [0.15, 0.2) is 47.4 Å². The van der Waals surface area contributed by atoms with Gasteiger partial charge in [-0.2, -0.15) is 0 Å². The van der Waals surface area contributed by atoms with E-state index in [-0.39, 0.29) is 0 Å². The van der Waals surface area contributed by atoms with Crippen LogP contribution in [0.5, 0.6) is 5.75 Å². The van der Waals surface area contributed by atoms with Crippen molar-refractivity contribution in [3.63, 3.8) is 0 Å². The second-order valence-corrected chi connectivity index (χ2v) is 4.97. The lowest BCUT2D eigenvalue weighted by atomic mass is 10.2. The van der Waals surface area contributed by atoms with Crippen LogP contribution in [-0.4, -0.2) is 28.7 Å². The number of primary amides is 1. The van der Waals surface area contributed by atoms with E-state index in [1.807, 2.05) is 24.3 Å². The van der Waals surface area contributed by atoms with E-state index in [1.165, 1.54) is 6.20 Å². The summed E-state index contributed by atoms with van der Waals surface area (Å²) in [5.74, 6) is 0.682. The zero-order valence-corrected chi connectivity index (χ0v) is 12.3. The number of benzene rings is 1. The monoisotopic (exact) mass is 312 g/mol. The minimum absolute atomic E-state index is 0.354. The van der Waals surface area contributed by atoms with E-state index < -0.39 is 11.6 Å². The van der Waals surface area contributed by atoms with Gasteiger partial charge in [0.15, 0.2) is 0 Å². The number of aromatic amines is 1. The number of amides is 1. The second kappa shape index (κ2) is 5.98. The van der Waals surface area contributed by atoms with Gasteiger partial charge in [0.1, 0.15) is 12.4 Å². The summed E-state index contributed by atoms with van der Waals surface area (Å²) < 4.78 is 6.48. The fourth-order valence-electron chi connectivity index (χ4n) is 2.44. The van der Waals surface area contributed by atoms with Crippen molar-refractivity contribution in [2.24, 2.45) is 11.5 Å². The molecule has 0 spiro atoms. The van der Waals surface area contributed by atoms with E-state index in [0.717, 1.165) is 15.5 Å². The molecule has 7 nitrogen and oxygen atoms in total. The van der Waals surface area contributed by atoms with Crippen molar-refractivity contribution in [1.82, 2.24) is 9.55 Å². The Morgan fingerprint density at radius 3 is 2.83 bits per heavy atom. The molecule has 2 heterocycles. The number of hydrogen-bond acceptors (Lipinski definition) is 4. The molecule has 0 saturated carbocycles. The summed E-state index contributed by atoms with van der Waals surface area (Å²) in [5, 5.41) is 0.838. The Labute approximate surface area is 131 Å². The fourth-order valence-corrected chi connectivity index (χ4v) is 2.44. The van der Waals surface area contributed by atoms with Crippen LogP contribution in [0.4, 0.5) is 4.79 Å². The largest absolute Gasteiger partial charge is 0.492 e. The second-order valence-electron chi connectivity index (χ2n) is 4.97. The zero-order valence-electron chi connectivity index (χ0n) is 12.3. The van der Waals surface area contributed by atoms with Crippen molar-refractivity contribution in [3.8, 4) is 17.0 Å². The Morgan fingerprint density at radius 1 is 1.26 bits per heavy atom. The highest BCUT2D eigenvalue weighted by Crippen LogP contribution is 2.29. The minimum atomic E-state index is -0.820. The van der Waals surface area contributed by atoms with Crippen molar-refractivity contribution in [2.45, 2.75) is 0 Å². The summed E-state index contributed by atoms with van der Waals surface area (Å²) in [5.41, 5.74) is 11.9. The van der Waals surface area contributed by atoms with Crippen LogP contribution in [-0.2, 0) is 0 Å². The summed E-state index contributed by atoms with van der Waals surface area (Å²) in [4.78, 5) is 26.8. The molecule has 0 bridgehead atoms. The average Bonchev–Trinajstić information content (AvgIpc) is 2.97. The molecule has 3 rings (SSSR count). The molecular weight excluding hydrogens is 296 g/mol. The molecule has 5 N–H and O–H groups in total. The zero-order chi connectivity index (χ0) is 16.4. The predicted octanol–water partition coefficient (Wildman–Crippen LogP) is 1.26. The third-order valence-corrected chi connectivity index (χ3v) is 3.47. The first-order valence-corrected chi connectivity index (χ1v) is 7.08. The van der Waals surface area contributed by atoms with E-state index >= 15 is 0 Å². The lowest BCUT2D eigenvalue weighted by Gasteiger charge is -2.04. The first kappa shape index (κ1) is 14.9. The molecule has 23 heavy (non-hydrogen) atoms. The minimum Gasteiger partial charge on any atom is -0.492 e. The Hall–Kier alpha value is -3.06. The van der Waals surface area contributed by atoms with Gasteiger partial charge in [0.05, 0.1) is 11.3 Å². The molecule has 7 heteroatoms. The highest BCUT2D eigenvalue weighted by Gasteiger charge is 2.13. The number of nitrogens with two attached hydrogens (primary N) is 2. The van der Waals surface area contributed by atoms with Gasteiger partial charge in [-0.1, -0.05) is 6.07 Å². The fraction of sp³-hybridized carbons (Fsp3) is 0.125. The summed E-state index contributed by atoms with van der Waals surface area (Å²) in [6.45, 7) is 0.815. The van der Waals surface area contributed by atoms with Gasteiger partial charge in [0, 0.05) is 23.6 Å². The molecule has 0 saturated heterocycles. The van der Waals surface area contributed by atoms with E-state index in [9.17, 15) is 9.59 Å². The summed E-state index contributed by atoms with van der Waals surface area (Å²) in [6, 6.07) is 9.78. The van der Waals surface area contributed by atoms with Crippen LogP contribution in [0.3, 0.4) is 0 Å². The SMILES string of the molecule is NCCOc1cccc2[nH]c(-c3cccn(C(N)=O)c3=O)cc12. The number of nitrogens with one attached hydrogen (secondary N) is 1. The smallest absolute Gasteiger partial charge is 0.325 e. The van der Waals surface area contributed by atoms with Gasteiger partial charge in [0.25, 0.3) is 5.56 Å². The van der Waals surface area contributed by atoms with Crippen LogP contribution < -0.4 is 21.8 Å². The normalized spacial score (nSPS) is 10.8. The molecule has 3 aromatic rings. The molecule has 118 valence electrons. The highest BCUT2D eigenvalue weighted by molar-refractivity contribution is 5.91. The van der Waals surface area contributed by atoms with E-state index in [2.05, 4.69) is 4.98 Å². The summed E-state index contributed by atoms with van der Waals surface area (Å²) >= 11 is 0. The maximum atomic E-state index is 12.3. The summed E-state index contributed by atoms with van der Waals surface area (Å²) in [7, 11) is 0. The molecule has 1 aromatic carbocycles. The molecule has 0 unspecified atom stereocenters. The number of nitrogens with zero attached hydrogens (tertiary/aromatic N) is 1. The lowest BCUT2D eigenvalue weighted by molar-refractivity contribution is 0.249. The van der Waals surface area contributed by atoms with Gasteiger partial charge in [-0.25, -0.2) is 9.36 Å². The number of carbonyl (C=O) groups excluding carboxylic acids is 1. The number of rotatable bonds is 4. The van der Waals surface area contributed by atoms with Crippen LogP contribution in [0, 0.1) is 0 Å². The first-order chi connectivity index (χ1) is 11.1. The molecule has 0 radical (unpaired) electrons. The Kier molecular flexibility index (Phi) is 3.86. The quantitative estimate of drug-likeness (QED) is 0.672. The Bertz CT molecular complexity index is 926. The number of fused-ring (bicyclic) bond motifs is 1. The Morgan fingerprint density at radius 2 is 2.09 bits per heavy atom. The molecule has 0 aliphatic carbocycles. The maximum absolute atomic E-state index is 12.3. The number of aromatic nitrogens is 2. The van der Waals surface area contributed by atoms with Crippen LogP contribution in [0.1, 0.15) is 0 Å². The van der Waals surface area contributed by atoms with E-state index in [4.69, 9.17) is 16.2 Å². The van der Waals surface area contributed by atoms with Crippen molar-refractivity contribution in [2.75, 3.05) is 13.2 Å². The molecule has 2 aromatic heterocycles. The molecule has 0 aliphatic heterocycles. The first-order valence-electron chi connectivity index (χ1n) is 7.08. The summed E-state index contributed by atoms with van der Waals surface area (Å²) in [6.07, 6.45) is 1.34. The van der Waals surface area contributed by atoms with Crippen molar-refractivity contribution in [3.05, 3.63) is 52.9 Å². The third-order valence-electron chi connectivity index (χ3n) is 3.47. The topological polar surface area (TPSA) is 116 Å². The Balaban J connectivity index is 2.13. The lowest BCUT2D eigenvalue weighted by Crippen LogP contribution is -2.31. The predicted molar refractivity (Wildman–Crippen MR) is 87.5 cm³/mol.